The molecule has 2 amide bonds. The van der Waals surface area contributed by atoms with Crippen LogP contribution in [0.25, 0.3) is 0 Å². The van der Waals surface area contributed by atoms with Crippen molar-refractivity contribution in [3.05, 3.63) is 46.7 Å². The highest BCUT2D eigenvalue weighted by Crippen LogP contribution is 2.41. The number of carbonyl (C=O) groups is 3. The lowest BCUT2D eigenvalue weighted by molar-refractivity contribution is -0.150. The zero-order valence-corrected chi connectivity index (χ0v) is 20.9. The fraction of sp³-hybridized carbons (Fsp3) is 0.368. The number of amides is 2. The van der Waals surface area contributed by atoms with Gasteiger partial charge in [0.15, 0.2) is 5.88 Å². The molecule has 2 aromatic rings. The van der Waals surface area contributed by atoms with Gasteiger partial charge < -0.3 is 16.2 Å². The molecular weight excluding hydrogens is 534 g/mol. The number of benzene rings is 1. The number of nitrogens with two attached hydrogens (primary N) is 1. The van der Waals surface area contributed by atoms with Gasteiger partial charge >= 0.3 is 5.97 Å². The van der Waals surface area contributed by atoms with Crippen molar-refractivity contribution in [2.45, 2.75) is 35.4 Å². The molecule has 2 aliphatic heterocycles. The number of fused-ring (bicyclic) bond motifs is 1. The number of aliphatic carboxylic acids is 1. The maximum absolute atomic E-state index is 12.9. The number of hydrogen-bond donors (Lipinski definition) is 4. The van der Waals surface area contributed by atoms with Crippen LogP contribution >= 0.6 is 23.5 Å². The van der Waals surface area contributed by atoms with Crippen molar-refractivity contribution in [3.8, 4) is 0 Å². The molecular formula is C19H21N7O7S3. The normalized spacial score (nSPS) is 19.6. The van der Waals surface area contributed by atoms with E-state index in [0.29, 0.717) is 5.57 Å². The van der Waals surface area contributed by atoms with Crippen molar-refractivity contribution < 1.29 is 32.5 Å². The smallest absolute Gasteiger partial charge is 0.352 e. The van der Waals surface area contributed by atoms with Crippen molar-refractivity contribution in [2.75, 3.05) is 11.5 Å². The second-order valence-electron chi connectivity index (χ2n) is 7.82. The first-order valence-electron chi connectivity index (χ1n) is 10.4. The summed E-state index contributed by atoms with van der Waals surface area (Å²) in [6.45, 7) is 0.272. The van der Waals surface area contributed by atoms with Gasteiger partial charge in [-0.3, -0.25) is 19.0 Å². The number of β-lactam (4-membered cyclic amide) rings is 1. The highest BCUT2D eigenvalue weighted by molar-refractivity contribution is 8.01. The van der Waals surface area contributed by atoms with E-state index in [1.807, 2.05) is 12.1 Å². The van der Waals surface area contributed by atoms with Gasteiger partial charge in [0.2, 0.25) is 11.1 Å². The van der Waals surface area contributed by atoms with Crippen molar-refractivity contribution in [1.82, 2.24) is 30.4 Å². The second kappa shape index (κ2) is 10.6. The van der Waals surface area contributed by atoms with E-state index in [1.54, 1.807) is 12.1 Å². The van der Waals surface area contributed by atoms with Gasteiger partial charge in [-0.25, -0.2) is 9.48 Å². The van der Waals surface area contributed by atoms with Crippen LogP contribution in [0.3, 0.4) is 0 Å². The van der Waals surface area contributed by atoms with E-state index in [1.165, 1.54) is 11.8 Å². The van der Waals surface area contributed by atoms with Gasteiger partial charge in [0, 0.05) is 18.1 Å². The maximum atomic E-state index is 12.9. The molecule has 3 heterocycles. The summed E-state index contributed by atoms with van der Waals surface area (Å²) >= 11 is 2.27. The summed E-state index contributed by atoms with van der Waals surface area (Å²) in [6, 6.07) is 6.35. The third-order valence-corrected chi connectivity index (χ3v) is 8.37. The molecule has 192 valence electrons. The predicted molar refractivity (Wildman–Crippen MR) is 128 cm³/mol. The molecule has 0 radical (unpaired) electrons. The molecule has 1 aromatic heterocycles. The lowest BCUT2D eigenvalue weighted by atomic mass is 10.0. The van der Waals surface area contributed by atoms with Crippen LogP contribution in [-0.4, -0.2) is 83.9 Å². The van der Waals surface area contributed by atoms with Crippen LogP contribution in [0.4, 0.5) is 0 Å². The molecule has 36 heavy (non-hydrogen) atoms. The largest absolute Gasteiger partial charge is 0.477 e. The number of tetrazole rings is 1. The summed E-state index contributed by atoms with van der Waals surface area (Å²) in [5, 5.41) is 22.5. The van der Waals surface area contributed by atoms with Crippen molar-refractivity contribution in [2.24, 2.45) is 5.73 Å². The van der Waals surface area contributed by atoms with Crippen LogP contribution in [0.1, 0.15) is 11.1 Å². The number of carboxylic acids is 1. The van der Waals surface area contributed by atoms with Crippen molar-refractivity contribution in [1.29, 1.82) is 0 Å². The first-order valence-corrected chi connectivity index (χ1v) is 14.0. The minimum atomic E-state index is -4.39. The Labute approximate surface area is 213 Å². The minimum absolute atomic E-state index is 0.0380. The van der Waals surface area contributed by atoms with Gasteiger partial charge in [-0.05, 0) is 27.1 Å². The number of hydrogen-bond acceptors (Lipinski definition) is 11. The molecule has 1 aromatic carbocycles. The van der Waals surface area contributed by atoms with E-state index < -0.39 is 39.3 Å². The quantitative estimate of drug-likeness (QED) is 0.158. The lowest BCUT2D eigenvalue weighted by Gasteiger charge is -2.49. The third-order valence-electron chi connectivity index (χ3n) is 5.42. The molecule has 2 atom stereocenters. The molecule has 1 saturated heterocycles. The molecule has 4 rings (SSSR count). The zero-order chi connectivity index (χ0) is 26.0. The van der Waals surface area contributed by atoms with Crippen molar-refractivity contribution in [3.63, 3.8) is 0 Å². The van der Waals surface area contributed by atoms with Gasteiger partial charge in [0.1, 0.15) is 17.1 Å². The Morgan fingerprint density at radius 2 is 2.00 bits per heavy atom. The van der Waals surface area contributed by atoms with Crippen LogP contribution in [0.15, 0.2) is 40.7 Å². The first-order chi connectivity index (χ1) is 17.1. The summed E-state index contributed by atoms with van der Waals surface area (Å²) in [5.74, 6) is -2.75. The number of aromatic nitrogens is 4. The number of thioether (sulfide) groups is 2. The molecule has 0 bridgehead atoms. The Balaban J connectivity index is 1.44. The monoisotopic (exact) mass is 555 g/mol. The average Bonchev–Trinajstić information content (AvgIpc) is 3.25. The first kappa shape index (κ1) is 26.1. The van der Waals surface area contributed by atoms with Gasteiger partial charge in [-0.15, -0.1) is 16.9 Å². The summed E-state index contributed by atoms with van der Waals surface area (Å²) in [4.78, 5) is 38.6. The molecule has 0 aliphatic carbocycles. The Morgan fingerprint density at radius 1 is 1.28 bits per heavy atom. The van der Waals surface area contributed by atoms with Gasteiger partial charge in [0.25, 0.3) is 16.0 Å². The topological polar surface area (TPSA) is 211 Å². The molecule has 0 spiro atoms. The Bertz CT molecular complexity index is 1340. The van der Waals surface area contributed by atoms with Gasteiger partial charge in [-0.1, -0.05) is 36.0 Å². The van der Waals surface area contributed by atoms with Crippen LogP contribution < -0.4 is 11.1 Å². The SMILES string of the molecule is NCc1ccccc1CC(=O)NC1C(=O)N2C(C(=O)O)=C(CSc3nnnn3CS(=O)(=O)O)CS[C@H]12. The maximum Gasteiger partial charge on any atom is 0.352 e. The Kier molecular flexibility index (Phi) is 7.65. The average molecular weight is 556 g/mol. The predicted octanol–water partition coefficient (Wildman–Crippen LogP) is -0.949. The third kappa shape index (κ3) is 5.54. The van der Waals surface area contributed by atoms with Crippen LogP contribution in [0, 0.1) is 0 Å². The van der Waals surface area contributed by atoms with E-state index in [-0.39, 0.29) is 41.2 Å². The molecule has 1 fully saturated rings. The fourth-order valence-electron chi connectivity index (χ4n) is 3.81. The number of nitrogens with one attached hydrogen (secondary N) is 1. The van der Waals surface area contributed by atoms with Crippen LogP contribution in [0.5, 0.6) is 0 Å². The molecule has 17 heteroatoms. The van der Waals surface area contributed by atoms with E-state index in [4.69, 9.17) is 10.3 Å². The fourth-order valence-corrected chi connectivity index (χ4v) is 6.73. The van der Waals surface area contributed by atoms with Crippen LogP contribution in [-0.2, 0) is 43.3 Å². The zero-order valence-electron chi connectivity index (χ0n) is 18.5. The molecule has 14 nitrogen and oxygen atoms in total. The second-order valence-corrected chi connectivity index (χ2v) is 11.3. The summed E-state index contributed by atoms with van der Waals surface area (Å²) in [7, 11) is -4.39. The molecule has 2 aliphatic rings. The van der Waals surface area contributed by atoms with E-state index >= 15 is 0 Å². The standard InChI is InChI=1S/C19H21N7O7S3/c20-6-11-4-2-1-3-10(11)5-13(27)21-14-16(28)26-15(18(29)30)12(7-34-17(14)26)8-35-19-22-23-24-25(19)9-36(31,32)33/h1-4,14,17H,5-9,20H2,(H,21,27)(H,29,30)(H,31,32,33)/t14?,17-/m1/s1. The summed E-state index contributed by atoms with van der Waals surface area (Å²) < 4.78 is 32.1. The van der Waals surface area contributed by atoms with Crippen molar-refractivity contribution >= 4 is 51.4 Å². The highest BCUT2D eigenvalue weighted by atomic mass is 32.2. The van der Waals surface area contributed by atoms with Gasteiger partial charge in [0.05, 0.1) is 6.42 Å². The highest BCUT2D eigenvalue weighted by Gasteiger charge is 2.54. The molecule has 5 N–H and O–H groups in total. The lowest BCUT2D eigenvalue weighted by Crippen LogP contribution is -2.70. The number of nitrogens with zero attached hydrogens (tertiary/aromatic N) is 5. The molecule has 1 unspecified atom stereocenters. The molecule has 0 saturated carbocycles. The summed E-state index contributed by atoms with van der Waals surface area (Å²) in [6.07, 6.45) is 0.0380. The Morgan fingerprint density at radius 3 is 2.67 bits per heavy atom. The number of carbonyl (C=O) groups excluding carboxylic acids is 2. The Hall–Kier alpha value is -2.99. The van der Waals surface area contributed by atoms with Crippen LogP contribution in [0.2, 0.25) is 0 Å². The van der Waals surface area contributed by atoms with E-state index in [0.717, 1.165) is 32.5 Å². The van der Waals surface area contributed by atoms with E-state index in [2.05, 4.69) is 20.8 Å². The van der Waals surface area contributed by atoms with E-state index in [9.17, 15) is 27.9 Å². The number of rotatable bonds is 10. The minimum Gasteiger partial charge on any atom is -0.477 e. The van der Waals surface area contributed by atoms with Gasteiger partial charge in [-0.2, -0.15) is 8.42 Å². The summed E-state index contributed by atoms with van der Waals surface area (Å²) in [5.41, 5.74) is 7.50. The number of carboxylic acid groups (broad SMARTS) is 1.